The molecule has 1 atom stereocenters. The van der Waals surface area contributed by atoms with Gasteiger partial charge in [0.15, 0.2) is 0 Å². The first-order chi connectivity index (χ1) is 8.59. The van der Waals surface area contributed by atoms with Crippen LogP contribution in [0.1, 0.15) is 18.2 Å². The molecule has 0 radical (unpaired) electrons. The van der Waals surface area contributed by atoms with Crippen LogP contribution in [0.15, 0.2) is 28.7 Å². The highest BCUT2D eigenvalue weighted by atomic mass is 16.3. The minimum atomic E-state index is 0.531. The molecule has 3 nitrogen and oxygen atoms in total. The maximum Gasteiger partial charge on any atom is 0.134 e. The third-order valence-electron chi connectivity index (χ3n) is 3.52. The molecule has 0 amide bonds. The predicted molar refractivity (Wildman–Crippen MR) is 75.8 cm³/mol. The van der Waals surface area contributed by atoms with E-state index in [0.29, 0.717) is 6.04 Å². The van der Waals surface area contributed by atoms with E-state index in [1.165, 1.54) is 10.9 Å². The highest BCUT2D eigenvalue weighted by Crippen LogP contribution is 2.24. The Morgan fingerprint density at radius 1 is 1.28 bits per heavy atom. The van der Waals surface area contributed by atoms with E-state index in [1.807, 2.05) is 19.1 Å². The molecular formula is C15H22N2O. The standard InChI is InChI=1S/C15H22N2O/c1-11(17(3)4)9-16-10-14-12(2)18-15-8-6-5-7-13(14)15/h5-8,11,16H,9-10H2,1-4H3. The molecule has 2 rings (SSSR count). The zero-order valence-electron chi connectivity index (χ0n) is 11.7. The fourth-order valence-corrected chi connectivity index (χ4v) is 2.03. The normalized spacial score (nSPS) is 13.4. The SMILES string of the molecule is Cc1oc2ccccc2c1CNCC(C)N(C)C. The number of benzene rings is 1. The number of aryl methyl sites for hydroxylation is 1. The smallest absolute Gasteiger partial charge is 0.134 e. The van der Waals surface area contributed by atoms with Crippen LogP contribution in [0.3, 0.4) is 0 Å². The van der Waals surface area contributed by atoms with Crippen molar-refractivity contribution >= 4 is 11.0 Å². The number of para-hydroxylation sites is 1. The largest absolute Gasteiger partial charge is 0.461 e. The molecule has 1 unspecified atom stereocenters. The summed E-state index contributed by atoms with van der Waals surface area (Å²) in [7, 11) is 4.20. The van der Waals surface area contributed by atoms with Gasteiger partial charge in [0.25, 0.3) is 0 Å². The number of nitrogens with zero attached hydrogens (tertiary/aromatic N) is 1. The van der Waals surface area contributed by atoms with Gasteiger partial charge in [-0.05, 0) is 34.0 Å². The van der Waals surface area contributed by atoms with Gasteiger partial charge in [0.2, 0.25) is 0 Å². The quantitative estimate of drug-likeness (QED) is 0.879. The van der Waals surface area contributed by atoms with Crippen molar-refractivity contribution in [3.63, 3.8) is 0 Å². The number of hydrogen-bond donors (Lipinski definition) is 1. The first-order valence-electron chi connectivity index (χ1n) is 6.43. The second kappa shape index (κ2) is 5.55. The van der Waals surface area contributed by atoms with E-state index in [1.54, 1.807) is 0 Å². The van der Waals surface area contributed by atoms with Gasteiger partial charge in [0.05, 0.1) is 0 Å². The van der Waals surface area contributed by atoms with Gasteiger partial charge in [-0.15, -0.1) is 0 Å². The Bertz CT molecular complexity index is 516. The van der Waals surface area contributed by atoms with Crippen molar-refractivity contribution in [2.24, 2.45) is 0 Å². The summed E-state index contributed by atoms with van der Waals surface area (Å²) in [6.07, 6.45) is 0. The highest BCUT2D eigenvalue weighted by molar-refractivity contribution is 5.82. The molecule has 3 heteroatoms. The first-order valence-corrected chi connectivity index (χ1v) is 6.43. The van der Waals surface area contributed by atoms with Crippen LogP contribution >= 0.6 is 0 Å². The third-order valence-corrected chi connectivity index (χ3v) is 3.52. The van der Waals surface area contributed by atoms with Gasteiger partial charge in [0.1, 0.15) is 11.3 Å². The lowest BCUT2D eigenvalue weighted by Crippen LogP contribution is -2.35. The summed E-state index contributed by atoms with van der Waals surface area (Å²) in [5.74, 6) is 1.02. The predicted octanol–water partition coefficient (Wildman–Crippen LogP) is 2.78. The minimum absolute atomic E-state index is 0.531. The van der Waals surface area contributed by atoms with Crippen LogP contribution in [0.4, 0.5) is 0 Å². The van der Waals surface area contributed by atoms with E-state index in [4.69, 9.17) is 4.42 Å². The second-order valence-electron chi connectivity index (χ2n) is 5.08. The Kier molecular flexibility index (Phi) is 4.04. The summed E-state index contributed by atoms with van der Waals surface area (Å²) in [4.78, 5) is 2.22. The first kappa shape index (κ1) is 13.1. The van der Waals surface area contributed by atoms with Crippen LogP contribution in [0.2, 0.25) is 0 Å². The lowest BCUT2D eigenvalue weighted by atomic mass is 10.1. The molecule has 0 aliphatic carbocycles. The number of hydrogen-bond acceptors (Lipinski definition) is 3. The van der Waals surface area contributed by atoms with Crippen LogP contribution in [-0.2, 0) is 6.54 Å². The van der Waals surface area contributed by atoms with E-state index in [-0.39, 0.29) is 0 Å². The van der Waals surface area contributed by atoms with E-state index >= 15 is 0 Å². The van der Waals surface area contributed by atoms with Gasteiger partial charge < -0.3 is 14.6 Å². The van der Waals surface area contributed by atoms with Gasteiger partial charge >= 0.3 is 0 Å². The van der Waals surface area contributed by atoms with Crippen LogP contribution in [0.25, 0.3) is 11.0 Å². The van der Waals surface area contributed by atoms with Crippen molar-refractivity contribution in [3.05, 3.63) is 35.6 Å². The molecule has 1 aromatic carbocycles. The Morgan fingerprint density at radius 3 is 2.72 bits per heavy atom. The van der Waals surface area contributed by atoms with Gasteiger partial charge in [-0.2, -0.15) is 0 Å². The maximum atomic E-state index is 5.75. The lowest BCUT2D eigenvalue weighted by Gasteiger charge is -2.20. The molecule has 0 bridgehead atoms. The Balaban J connectivity index is 2.05. The number of nitrogens with one attached hydrogen (secondary N) is 1. The van der Waals surface area contributed by atoms with Crippen LogP contribution in [0, 0.1) is 6.92 Å². The summed E-state index contributed by atoms with van der Waals surface area (Å²) < 4.78 is 5.75. The molecule has 0 aliphatic rings. The van der Waals surface area contributed by atoms with Crippen molar-refractivity contribution in [2.75, 3.05) is 20.6 Å². The molecule has 1 aromatic heterocycles. The average Bonchev–Trinajstić information content (AvgIpc) is 2.65. The molecule has 98 valence electrons. The highest BCUT2D eigenvalue weighted by Gasteiger charge is 2.10. The molecule has 1 heterocycles. The van der Waals surface area contributed by atoms with Crippen LogP contribution < -0.4 is 5.32 Å². The fraction of sp³-hybridized carbons (Fsp3) is 0.467. The third kappa shape index (κ3) is 2.74. The van der Waals surface area contributed by atoms with E-state index < -0.39 is 0 Å². The molecule has 0 spiro atoms. The Morgan fingerprint density at radius 2 is 2.00 bits per heavy atom. The monoisotopic (exact) mass is 246 g/mol. The fourth-order valence-electron chi connectivity index (χ4n) is 2.03. The molecule has 2 aromatic rings. The van der Waals surface area contributed by atoms with E-state index in [9.17, 15) is 0 Å². The minimum Gasteiger partial charge on any atom is -0.461 e. The summed E-state index contributed by atoms with van der Waals surface area (Å²) in [6.45, 7) is 6.09. The maximum absolute atomic E-state index is 5.75. The average molecular weight is 246 g/mol. The van der Waals surface area contributed by atoms with Crippen molar-refractivity contribution in [2.45, 2.75) is 26.4 Å². The van der Waals surface area contributed by atoms with E-state index in [0.717, 1.165) is 24.4 Å². The van der Waals surface area contributed by atoms with Crippen molar-refractivity contribution < 1.29 is 4.42 Å². The lowest BCUT2D eigenvalue weighted by molar-refractivity contribution is 0.302. The van der Waals surface area contributed by atoms with Crippen molar-refractivity contribution in [1.29, 1.82) is 0 Å². The zero-order valence-corrected chi connectivity index (χ0v) is 11.7. The molecule has 0 fully saturated rings. The van der Waals surface area contributed by atoms with Crippen molar-refractivity contribution in [3.8, 4) is 0 Å². The van der Waals surface area contributed by atoms with Crippen LogP contribution in [-0.4, -0.2) is 31.6 Å². The van der Waals surface area contributed by atoms with E-state index in [2.05, 4.69) is 43.4 Å². The summed E-state index contributed by atoms with van der Waals surface area (Å²) in [5.41, 5.74) is 2.25. The van der Waals surface area contributed by atoms with Gasteiger partial charge in [-0.3, -0.25) is 0 Å². The Hall–Kier alpha value is -1.32. The number of fused-ring (bicyclic) bond motifs is 1. The number of rotatable bonds is 5. The summed E-state index contributed by atoms with van der Waals surface area (Å²) in [5, 5.41) is 4.72. The second-order valence-corrected chi connectivity index (χ2v) is 5.08. The van der Waals surface area contributed by atoms with Crippen molar-refractivity contribution in [1.82, 2.24) is 10.2 Å². The Labute approximate surface area is 109 Å². The summed E-state index contributed by atoms with van der Waals surface area (Å²) in [6, 6.07) is 8.75. The summed E-state index contributed by atoms with van der Waals surface area (Å²) >= 11 is 0. The molecule has 0 saturated carbocycles. The molecule has 1 N–H and O–H groups in total. The molecule has 0 saturated heterocycles. The van der Waals surface area contributed by atoms with Gasteiger partial charge in [-0.25, -0.2) is 0 Å². The molecular weight excluding hydrogens is 224 g/mol. The van der Waals surface area contributed by atoms with Gasteiger partial charge in [-0.1, -0.05) is 18.2 Å². The van der Waals surface area contributed by atoms with Gasteiger partial charge in [0, 0.05) is 30.1 Å². The number of furan rings is 1. The zero-order chi connectivity index (χ0) is 13.1. The molecule has 0 aliphatic heterocycles. The molecule has 18 heavy (non-hydrogen) atoms. The van der Waals surface area contributed by atoms with Crippen LogP contribution in [0.5, 0.6) is 0 Å². The topological polar surface area (TPSA) is 28.4 Å². The number of likely N-dealkylation sites (N-methyl/N-ethyl adjacent to an activating group) is 1.